The van der Waals surface area contributed by atoms with Crippen LogP contribution in [-0.4, -0.2) is 19.7 Å². The van der Waals surface area contributed by atoms with Gasteiger partial charge in [0.1, 0.15) is 24.3 Å². The van der Waals surface area contributed by atoms with Crippen molar-refractivity contribution in [1.82, 2.24) is 4.98 Å². The van der Waals surface area contributed by atoms with Gasteiger partial charge in [-0.15, -0.1) is 0 Å². The summed E-state index contributed by atoms with van der Waals surface area (Å²) >= 11 is 5.57. The summed E-state index contributed by atoms with van der Waals surface area (Å²) in [5.74, 6) is 0.213. The zero-order chi connectivity index (χ0) is 20.5. The Hall–Kier alpha value is -2.52. The first kappa shape index (κ1) is 20.2. The van der Waals surface area contributed by atoms with E-state index in [4.69, 9.17) is 20.8 Å². The van der Waals surface area contributed by atoms with Gasteiger partial charge in [0, 0.05) is 11.8 Å². The summed E-state index contributed by atoms with van der Waals surface area (Å²) in [5, 5.41) is -0.416. The normalized spacial score (nSPS) is 12.2. The van der Waals surface area contributed by atoms with Crippen LogP contribution in [0.5, 0.6) is 5.75 Å². The van der Waals surface area contributed by atoms with E-state index in [1.165, 1.54) is 24.5 Å². The Morgan fingerprint density at radius 2 is 1.82 bits per heavy atom. The molecular formula is C18H13ClF3NO4S. The lowest BCUT2D eigenvalue weighted by molar-refractivity contribution is -0.137. The monoisotopic (exact) mass is 431 g/mol. The van der Waals surface area contributed by atoms with Gasteiger partial charge in [-0.3, -0.25) is 0 Å². The molecule has 148 valence electrons. The first-order valence-corrected chi connectivity index (χ1v) is 10.1. The smallest absolute Gasteiger partial charge is 0.417 e. The highest BCUT2D eigenvalue weighted by Crippen LogP contribution is 2.36. The van der Waals surface area contributed by atoms with Gasteiger partial charge in [-0.05, 0) is 42.5 Å². The van der Waals surface area contributed by atoms with Crippen molar-refractivity contribution in [3.05, 3.63) is 65.0 Å². The molecule has 0 amide bonds. The van der Waals surface area contributed by atoms with Crippen LogP contribution in [-0.2, 0) is 22.6 Å². The second kappa shape index (κ2) is 7.48. The molecule has 3 rings (SSSR count). The van der Waals surface area contributed by atoms with Gasteiger partial charge in [0.25, 0.3) is 0 Å². The number of oxazole rings is 1. The Bertz CT molecular complexity index is 1090. The minimum absolute atomic E-state index is 0.0150. The third-order valence-corrected chi connectivity index (χ3v) is 5.17. The molecule has 3 aromatic rings. The van der Waals surface area contributed by atoms with E-state index in [0.29, 0.717) is 11.3 Å². The second-order valence-electron chi connectivity index (χ2n) is 5.87. The molecule has 0 bridgehead atoms. The summed E-state index contributed by atoms with van der Waals surface area (Å²) in [4.78, 5) is 4.35. The number of nitrogens with zero attached hydrogens (tertiary/aromatic N) is 1. The number of sulfone groups is 1. The third-order valence-electron chi connectivity index (χ3n) is 3.71. The fraction of sp³-hybridized carbons (Fsp3) is 0.167. The van der Waals surface area contributed by atoms with Crippen molar-refractivity contribution in [3.8, 4) is 17.2 Å². The molecule has 0 atom stereocenters. The summed E-state index contributed by atoms with van der Waals surface area (Å²) < 4.78 is 72.3. The summed E-state index contributed by atoms with van der Waals surface area (Å²) in [5.41, 5.74) is -0.0892. The molecular weight excluding hydrogens is 419 g/mol. The number of rotatable bonds is 5. The average molecular weight is 432 g/mol. The van der Waals surface area contributed by atoms with Crippen LogP contribution in [0.1, 0.15) is 11.3 Å². The fourth-order valence-electron chi connectivity index (χ4n) is 2.32. The van der Waals surface area contributed by atoms with E-state index in [1.807, 2.05) is 0 Å². The lowest BCUT2D eigenvalue weighted by atomic mass is 10.2. The fourth-order valence-corrected chi connectivity index (χ4v) is 3.17. The van der Waals surface area contributed by atoms with Crippen LogP contribution in [0.4, 0.5) is 13.2 Å². The molecule has 0 aliphatic rings. The van der Waals surface area contributed by atoms with Gasteiger partial charge < -0.3 is 9.15 Å². The number of hydrogen-bond donors (Lipinski definition) is 0. The molecule has 1 heterocycles. The molecule has 0 aliphatic carbocycles. The van der Waals surface area contributed by atoms with E-state index >= 15 is 0 Å². The van der Waals surface area contributed by atoms with Crippen molar-refractivity contribution in [3.63, 3.8) is 0 Å². The van der Waals surface area contributed by atoms with Crippen LogP contribution >= 0.6 is 11.6 Å². The number of ether oxygens (including phenoxy) is 1. The number of alkyl halides is 3. The largest absolute Gasteiger partial charge is 0.487 e. The summed E-state index contributed by atoms with van der Waals surface area (Å²) in [6.07, 6.45) is -2.18. The van der Waals surface area contributed by atoms with Gasteiger partial charge in [0.2, 0.25) is 5.89 Å². The van der Waals surface area contributed by atoms with Crippen molar-refractivity contribution >= 4 is 21.4 Å². The molecule has 2 aromatic carbocycles. The van der Waals surface area contributed by atoms with Crippen LogP contribution in [0.15, 0.2) is 58.0 Å². The molecule has 0 N–H and O–H groups in total. The van der Waals surface area contributed by atoms with Crippen LogP contribution in [0.3, 0.4) is 0 Å². The Labute approximate surface area is 163 Å². The van der Waals surface area contributed by atoms with Crippen molar-refractivity contribution in [2.24, 2.45) is 0 Å². The first-order valence-electron chi connectivity index (χ1n) is 7.78. The molecule has 0 spiro atoms. The zero-order valence-electron chi connectivity index (χ0n) is 14.3. The van der Waals surface area contributed by atoms with E-state index in [9.17, 15) is 21.6 Å². The van der Waals surface area contributed by atoms with E-state index in [-0.39, 0.29) is 23.1 Å². The summed E-state index contributed by atoms with van der Waals surface area (Å²) in [7, 11) is -3.31. The zero-order valence-corrected chi connectivity index (χ0v) is 15.9. The van der Waals surface area contributed by atoms with Crippen LogP contribution in [0.25, 0.3) is 11.5 Å². The van der Waals surface area contributed by atoms with Crippen LogP contribution in [0.2, 0.25) is 5.02 Å². The molecule has 28 heavy (non-hydrogen) atoms. The van der Waals surface area contributed by atoms with Gasteiger partial charge in [0.15, 0.2) is 9.84 Å². The minimum Gasteiger partial charge on any atom is -0.487 e. The van der Waals surface area contributed by atoms with Crippen molar-refractivity contribution < 1.29 is 30.7 Å². The highest BCUT2D eigenvalue weighted by molar-refractivity contribution is 7.90. The third kappa shape index (κ3) is 4.66. The molecule has 0 saturated heterocycles. The predicted molar refractivity (Wildman–Crippen MR) is 95.8 cm³/mol. The lowest BCUT2D eigenvalue weighted by Crippen LogP contribution is -2.06. The van der Waals surface area contributed by atoms with E-state index in [2.05, 4.69) is 4.98 Å². The molecule has 10 heteroatoms. The van der Waals surface area contributed by atoms with Gasteiger partial charge >= 0.3 is 6.18 Å². The molecule has 0 unspecified atom stereocenters. The van der Waals surface area contributed by atoms with Crippen LogP contribution in [0, 0.1) is 0 Å². The second-order valence-corrected chi connectivity index (χ2v) is 8.29. The SMILES string of the molecule is CS(=O)(=O)c1ccc(-c2nc(COc3ccc(Cl)c(C(F)(F)F)c3)co2)cc1. The number of hydrogen-bond acceptors (Lipinski definition) is 5. The lowest BCUT2D eigenvalue weighted by Gasteiger charge is -2.11. The highest BCUT2D eigenvalue weighted by atomic mass is 35.5. The topological polar surface area (TPSA) is 69.4 Å². The summed E-state index contributed by atoms with van der Waals surface area (Å²) in [6, 6.07) is 9.19. The Balaban J connectivity index is 1.72. The van der Waals surface area contributed by atoms with Gasteiger partial charge in [-0.1, -0.05) is 11.6 Å². The molecule has 1 aromatic heterocycles. The molecule has 0 aliphatic heterocycles. The standard InChI is InChI=1S/C18H13ClF3NO4S/c1-28(24,25)14-5-2-11(3-6-14)17-23-12(10-27-17)9-26-13-4-7-16(19)15(8-13)18(20,21)22/h2-8,10H,9H2,1H3. The number of halogens is 4. The molecule has 0 fully saturated rings. The highest BCUT2D eigenvalue weighted by Gasteiger charge is 2.33. The van der Waals surface area contributed by atoms with Gasteiger partial charge in [0.05, 0.1) is 15.5 Å². The molecule has 0 saturated carbocycles. The molecule has 0 radical (unpaired) electrons. The van der Waals surface area contributed by atoms with E-state index < -0.39 is 26.6 Å². The molecule has 5 nitrogen and oxygen atoms in total. The van der Waals surface area contributed by atoms with Crippen molar-refractivity contribution in [2.75, 3.05) is 6.26 Å². The summed E-state index contributed by atoms with van der Waals surface area (Å²) in [6.45, 7) is -0.121. The maximum atomic E-state index is 12.9. The minimum atomic E-state index is -4.59. The predicted octanol–water partition coefficient (Wildman–Crippen LogP) is 5.00. The number of benzene rings is 2. The maximum Gasteiger partial charge on any atom is 0.417 e. The first-order chi connectivity index (χ1) is 13.0. The van der Waals surface area contributed by atoms with Gasteiger partial charge in [-0.25, -0.2) is 13.4 Å². The Morgan fingerprint density at radius 3 is 2.43 bits per heavy atom. The van der Waals surface area contributed by atoms with Crippen molar-refractivity contribution in [2.45, 2.75) is 17.7 Å². The quantitative estimate of drug-likeness (QED) is 0.568. The van der Waals surface area contributed by atoms with Gasteiger partial charge in [-0.2, -0.15) is 13.2 Å². The van der Waals surface area contributed by atoms with Crippen LogP contribution < -0.4 is 4.74 Å². The van der Waals surface area contributed by atoms with E-state index in [0.717, 1.165) is 18.4 Å². The number of aromatic nitrogens is 1. The Morgan fingerprint density at radius 1 is 1.14 bits per heavy atom. The Kier molecular flexibility index (Phi) is 5.40. The average Bonchev–Trinajstić information content (AvgIpc) is 3.08. The maximum absolute atomic E-state index is 12.9. The van der Waals surface area contributed by atoms with Crippen molar-refractivity contribution in [1.29, 1.82) is 0 Å². The van der Waals surface area contributed by atoms with E-state index in [1.54, 1.807) is 12.1 Å².